The van der Waals surface area contributed by atoms with E-state index in [4.69, 9.17) is 0 Å². The largest absolute Gasteiger partial charge is 3.00 e. The van der Waals surface area contributed by atoms with Crippen molar-refractivity contribution in [2.24, 2.45) is 0 Å². The van der Waals surface area contributed by atoms with Gasteiger partial charge in [0.05, 0.1) is 0 Å². The Morgan fingerprint density at radius 2 is 0.364 bits per heavy atom. The van der Waals surface area contributed by atoms with E-state index in [1.807, 2.05) is 0 Å². The summed E-state index contributed by atoms with van der Waals surface area (Å²) < 4.78 is 0. The van der Waals surface area contributed by atoms with E-state index in [-0.39, 0.29) is 99.6 Å². The standard InChI is InChI=1S/4ClH.Fe.6H2O/h4*1H;;6*1H2/q;;;;+3;;;;;;/p-3. The topological polar surface area (TPSA) is 189 Å². The molecule has 0 bridgehead atoms. The first kappa shape index (κ1) is 786. The van der Waals surface area contributed by atoms with Gasteiger partial charge >= 0.3 is 17.1 Å². The molecular weight excluding hydrogens is 294 g/mol. The van der Waals surface area contributed by atoms with E-state index in [1.165, 1.54) is 0 Å². The first-order chi connectivity index (χ1) is 0. The summed E-state index contributed by atoms with van der Waals surface area (Å²) in [5.41, 5.74) is 0. The minimum Gasteiger partial charge on any atom is -1.00 e. The van der Waals surface area contributed by atoms with Crippen LogP contribution in [0.5, 0.6) is 0 Å². The summed E-state index contributed by atoms with van der Waals surface area (Å²) in [7, 11) is 0. The predicted octanol–water partition coefficient (Wildman–Crippen LogP) is -13.5. The van der Waals surface area contributed by atoms with Crippen molar-refractivity contribution >= 4 is 12.4 Å². The van der Waals surface area contributed by atoms with Crippen LogP contribution in [0, 0.1) is 0 Å². The molecule has 0 unspecified atom stereocenters. The second-order valence-electron chi connectivity index (χ2n) is 0. The van der Waals surface area contributed by atoms with E-state index in [1.54, 1.807) is 0 Å². The summed E-state index contributed by atoms with van der Waals surface area (Å²) in [6, 6.07) is 0. The zero-order chi connectivity index (χ0) is 0. The molecule has 0 spiro atoms. The minimum absolute atomic E-state index is 0. The summed E-state index contributed by atoms with van der Waals surface area (Å²) in [6.07, 6.45) is 0. The molecule has 85 valence electrons. The molecule has 0 amide bonds. The molecule has 0 aromatic rings. The Balaban J connectivity index is 0. The van der Waals surface area contributed by atoms with Gasteiger partial charge in [0.25, 0.3) is 0 Å². The summed E-state index contributed by atoms with van der Waals surface area (Å²) >= 11 is 0. The fraction of sp³-hybridized carbons (Fsp3) is 0. The normalized spacial score (nSPS) is 0. The zero-order valence-electron chi connectivity index (χ0n) is 4.90. The molecule has 0 fully saturated rings. The van der Waals surface area contributed by atoms with Gasteiger partial charge in [0, 0.05) is 0 Å². The smallest absolute Gasteiger partial charge is 1.00 e. The molecule has 11 heavy (non-hydrogen) atoms. The van der Waals surface area contributed by atoms with Crippen LogP contribution >= 0.6 is 12.4 Å². The molecule has 0 aromatic heterocycles. The Hall–Kier alpha value is 1.44. The Morgan fingerprint density at radius 3 is 0.364 bits per heavy atom. The van der Waals surface area contributed by atoms with Crippen molar-refractivity contribution in [1.29, 1.82) is 0 Å². The summed E-state index contributed by atoms with van der Waals surface area (Å²) in [4.78, 5) is 0. The van der Waals surface area contributed by atoms with Crippen LogP contribution in [-0.4, -0.2) is 32.9 Å². The van der Waals surface area contributed by atoms with Crippen molar-refractivity contribution in [3.05, 3.63) is 0 Å². The van der Waals surface area contributed by atoms with Gasteiger partial charge in [-0.1, -0.05) is 0 Å². The van der Waals surface area contributed by atoms with E-state index in [9.17, 15) is 0 Å². The third-order valence-electron chi connectivity index (χ3n) is 0. The van der Waals surface area contributed by atoms with Gasteiger partial charge in [-0.05, 0) is 0 Å². The van der Waals surface area contributed by atoms with E-state index in [2.05, 4.69) is 0 Å². The first-order valence-corrected chi connectivity index (χ1v) is 0. The van der Waals surface area contributed by atoms with Gasteiger partial charge in [-0.3, -0.25) is 0 Å². The molecule has 0 heterocycles. The van der Waals surface area contributed by atoms with Crippen molar-refractivity contribution in [2.45, 2.75) is 0 Å². The maximum absolute atomic E-state index is 0. The van der Waals surface area contributed by atoms with Crippen LogP contribution in [0.2, 0.25) is 0 Å². The molecule has 0 rings (SSSR count). The molecule has 0 aliphatic carbocycles. The molecule has 0 atom stereocenters. The molecule has 1 radical (unpaired) electrons. The summed E-state index contributed by atoms with van der Waals surface area (Å²) in [5, 5.41) is 0. The molecular formula is H13Cl4FeO6. The summed E-state index contributed by atoms with van der Waals surface area (Å²) in [5.74, 6) is 0. The number of hydrogen-bond acceptors (Lipinski definition) is 0. The van der Waals surface area contributed by atoms with Gasteiger partial charge in [-0.2, -0.15) is 0 Å². The molecule has 0 aliphatic rings. The first-order valence-electron chi connectivity index (χ1n) is 0. The van der Waals surface area contributed by atoms with Gasteiger partial charge in [0.15, 0.2) is 0 Å². The Bertz CT molecular complexity index is 14.5. The van der Waals surface area contributed by atoms with Gasteiger partial charge < -0.3 is 70.1 Å². The maximum Gasteiger partial charge on any atom is 3.00 e. The third kappa shape index (κ3) is 492. The maximum atomic E-state index is 0. The van der Waals surface area contributed by atoms with Gasteiger partial charge in [0.2, 0.25) is 0 Å². The fourth-order valence-corrected chi connectivity index (χ4v) is 0. The number of halogens is 4. The number of rotatable bonds is 0. The average molecular weight is 307 g/mol. The monoisotopic (exact) mass is 305 g/mol. The Morgan fingerprint density at radius 1 is 0.364 bits per heavy atom. The molecule has 6 nitrogen and oxygen atoms in total. The van der Waals surface area contributed by atoms with Crippen molar-refractivity contribution in [3.8, 4) is 0 Å². The van der Waals surface area contributed by atoms with Crippen molar-refractivity contribution in [2.75, 3.05) is 0 Å². The average Bonchev–Trinajstić information content (AvgIpc) is 0. The van der Waals surface area contributed by atoms with E-state index >= 15 is 0 Å². The Kier molecular flexibility index (Phi) is 43000. The number of hydrogen-bond donors (Lipinski definition) is 0. The van der Waals surface area contributed by atoms with Gasteiger partial charge in [-0.25, -0.2) is 0 Å². The van der Waals surface area contributed by atoms with Crippen molar-refractivity contribution in [3.63, 3.8) is 0 Å². The SMILES string of the molecule is Cl.O.O.O.O.O.O.[Cl-].[Cl-].[Cl-].[Fe+3]. The zero-order valence-corrected chi connectivity index (χ0v) is 9.08. The molecule has 0 saturated carbocycles. The van der Waals surface area contributed by atoms with Crippen LogP contribution < -0.4 is 37.2 Å². The van der Waals surface area contributed by atoms with E-state index in [0.717, 1.165) is 0 Å². The van der Waals surface area contributed by atoms with Gasteiger partial charge in [0.1, 0.15) is 0 Å². The van der Waals surface area contributed by atoms with Crippen molar-refractivity contribution < 1.29 is 87.1 Å². The quantitative estimate of drug-likeness (QED) is 0.384. The molecule has 0 saturated heterocycles. The molecule has 0 aromatic carbocycles. The van der Waals surface area contributed by atoms with Crippen LogP contribution in [0.1, 0.15) is 0 Å². The predicted molar refractivity (Wildman–Crippen MR) is 28.9 cm³/mol. The summed E-state index contributed by atoms with van der Waals surface area (Å²) in [6.45, 7) is 0. The van der Waals surface area contributed by atoms with Crippen LogP contribution in [0.25, 0.3) is 0 Å². The van der Waals surface area contributed by atoms with Crippen LogP contribution in [0.3, 0.4) is 0 Å². The van der Waals surface area contributed by atoms with Gasteiger partial charge in [-0.15, -0.1) is 12.4 Å². The van der Waals surface area contributed by atoms with E-state index in [0.29, 0.717) is 0 Å². The minimum atomic E-state index is 0. The molecule has 12 N–H and O–H groups in total. The molecule has 0 aliphatic heterocycles. The Labute approximate surface area is 99.5 Å². The fourth-order valence-electron chi connectivity index (χ4n) is 0. The third-order valence-corrected chi connectivity index (χ3v) is 0. The van der Waals surface area contributed by atoms with Crippen LogP contribution in [0.15, 0.2) is 0 Å². The second kappa shape index (κ2) is 602. The molecule has 11 heteroatoms. The van der Waals surface area contributed by atoms with Crippen LogP contribution in [-0.2, 0) is 17.1 Å². The van der Waals surface area contributed by atoms with E-state index < -0.39 is 0 Å². The van der Waals surface area contributed by atoms with Crippen LogP contribution in [0.4, 0.5) is 0 Å². The van der Waals surface area contributed by atoms with Crippen molar-refractivity contribution in [1.82, 2.24) is 0 Å². The second-order valence-corrected chi connectivity index (χ2v) is 0.